The van der Waals surface area contributed by atoms with Crippen molar-refractivity contribution in [3.8, 4) is 0 Å². The van der Waals surface area contributed by atoms with Crippen LogP contribution in [0.2, 0.25) is 0 Å². The molecule has 0 bridgehead atoms. The van der Waals surface area contributed by atoms with E-state index in [0.29, 0.717) is 3.79 Å². The molecule has 0 aliphatic rings. The zero-order valence-corrected chi connectivity index (χ0v) is 9.44. The zero-order chi connectivity index (χ0) is 8.65. The molecule has 1 rings (SSSR count). The van der Waals surface area contributed by atoms with Crippen molar-refractivity contribution in [2.45, 2.75) is 11.8 Å². The van der Waals surface area contributed by atoms with Crippen molar-refractivity contribution in [2.75, 3.05) is 0 Å². The molecular weight excluding hydrogens is 272 g/mol. The van der Waals surface area contributed by atoms with Crippen LogP contribution >= 0.6 is 37.9 Å². The molecule has 0 radical (unpaired) electrons. The topological polar surface area (TPSA) is 34.1 Å². The maximum atomic E-state index is 10.8. The average molecular weight is 276 g/mol. The first-order valence-corrected chi connectivity index (χ1v) is 6.54. The molecule has 0 atom stereocenters. The standard InChI is InChI=1S/C5H4BrClO2S2/c1-3-2-4(5(6)10-3)11(7,8)9/h2H,1H3. The summed E-state index contributed by atoms with van der Waals surface area (Å²) in [6.07, 6.45) is 0. The summed E-state index contributed by atoms with van der Waals surface area (Å²) in [4.78, 5) is 1.07. The summed E-state index contributed by atoms with van der Waals surface area (Å²) < 4.78 is 22.2. The quantitative estimate of drug-likeness (QED) is 0.739. The minimum Gasteiger partial charge on any atom is -0.207 e. The lowest BCUT2D eigenvalue weighted by molar-refractivity contribution is 0.609. The van der Waals surface area contributed by atoms with E-state index in [2.05, 4.69) is 15.9 Å². The molecule has 0 aliphatic heterocycles. The monoisotopic (exact) mass is 274 g/mol. The Bertz CT molecular complexity index is 368. The minimum atomic E-state index is -3.58. The summed E-state index contributed by atoms with van der Waals surface area (Å²) in [6.45, 7) is 1.82. The fourth-order valence-corrected chi connectivity index (χ4v) is 4.59. The van der Waals surface area contributed by atoms with Gasteiger partial charge in [-0.3, -0.25) is 0 Å². The van der Waals surface area contributed by atoms with Gasteiger partial charge in [0.05, 0.1) is 3.79 Å². The van der Waals surface area contributed by atoms with Crippen LogP contribution < -0.4 is 0 Å². The van der Waals surface area contributed by atoms with E-state index in [1.54, 1.807) is 0 Å². The zero-order valence-electron chi connectivity index (χ0n) is 5.47. The Morgan fingerprint density at radius 1 is 1.64 bits per heavy atom. The normalized spacial score (nSPS) is 11.9. The molecule has 0 spiro atoms. The van der Waals surface area contributed by atoms with Gasteiger partial charge in [-0.25, -0.2) is 8.42 Å². The molecule has 1 heterocycles. The lowest BCUT2D eigenvalue weighted by atomic mass is 10.5. The fraction of sp³-hybridized carbons (Fsp3) is 0.200. The highest BCUT2D eigenvalue weighted by Gasteiger charge is 2.16. The van der Waals surface area contributed by atoms with Crippen molar-refractivity contribution in [1.82, 2.24) is 0 Å². The molecule has 6 heteroatoms. The van der Waals surface area contributed by atoms with E-state index < -0.39 is 9.05 Å². The smallest absolute Gasteiger partial charge is 0.207 e. The maximum absolute atomic E-state index is 10.8. The molecule has 0 amide bonds. The predicted octanol–water partition coefficient (Wildman–Crippen LogP) is 2.75. The van der Waals surface area contributed by atoms with E-state index in [-0.39, 0.29) is 4.90 Å². The summed E-state index contributed by atoms with van der Waals surface area (Å²) in [5.41, 5.74) is 0. The molecule has 0 unspecified atom stereocenters. The first-order chi connectivity index (χ1) is 4.91. The maximum Gasteiger partial charge on any atom is 0.263 e. The molecule has 2 nitrogen and oxygen atoms in total. The van der Waals surface area contributed by atoms with Crippen molar-refractivity contribution >= 4 is 47.0 Å². The van der Waals surface area contributed by atoms with E-state index in [0.717, 1.165) is 4.88 Å². The van der Waals surface area contributed by atoms with Crippen LogP contribution in [0.1, 0.15) is 4.88 Å². The summed E-state index contributed by atoms with van der Waals surface area (Å²) in [7, 11) is 1.55. The molecule has 0 saturated carbocycles. The number of hydrogen-bond donors (Lipinski definition) is 0. The second-order valence-electron chi connectivity index (χ2n) is 1.93. The van der Waals surface area contributed by atoms with Gasteiger partial charge in [0, 0.05) is 15.6 Å². The summed E-state index contributed by atoms with van der Waals surface area (Å²) in [5.74, 6) is 0. The van der Waals surface area contributed by atoms with Crippen LogP contribution in [0.5, 0.6) is 0 Å². The van der Waals surface area contributed by atoms with Crippen molar-refractivity contribution in [3.63, 3.8) is 0 Å². The number of halogens is 2. The third-order valence-electron chi connectivity index (χ3n) is 1.04. The number of aryl methyl sites for hydroxylation is 1. The Balaban J connectivity index is 3.36. The Morgan fingerprint density at radius 2 is 2.18 bits per heavy atom. The van der Waals surface area contributed by atoms with Crippen LogP contribution in [0.3, 0.4) is 0 Å². The minimum absolute atomic E-state index is 0.154. The third-order valence-corrected chi connectivity index (χ3v) is 4.53. The Labute approximate surface area is 81.7 Å². The van der Waals surface area contributed by atoms with E-state index in [4.69, 9.17) is 10.7 Å². The molecule has 11 heavy (non-hydrogen) atoms. The van der Waals surface area contributed by atoms with E-state index >= 15 is 0 Å². The number of hydrogen-bond acceptors (Lipinski definition) is 3. The van der Waals surface area contributed by atoms with Crippen molar-refractivity contribution in [2.24, 2.45) is 0 Å². The van der Waals surface area contributed by atoms with Gasteiger partial charge >= 0.3 is 0 Å². The van der Waals surface area contributed by atoms with Crippen LogP contribution in [0, 0.1) is 6.92 Å². The van der Waals surface area contributed by atoms with Crippen LogP contribution in [-0.2, 0) is 9.05 Å². The van der Waals surface area contributed by atoms with E-state index in [1.165, 1.54) is 17.4 Å². The SMILES string of the molecule is Cc1cc(S(=O)(=O)Cl)c(Br)s1. The van der Waals surface area contributed by atoms with Gasteiger partial charge in [0.2, 0.25) is 0 Å². The second-order valence-corrected chi connectivity index (χ2v) is 7.04. The largest absolute Gasteiger partial charge is 0.263 e. The first-order valence-electron chi connectivity index (χ1n) is 2.62. The summed E-state index contributed by atoms with van der Waals surface area (Å²) >= 11 is 4.46. The highest BCUT2D eigenvalue weighted by atomic mass is 79.9. The molecule has 0 aromatic carbocycles. The highest BCUT2D eigenvalue weighted by Crippen LogP contribution is 2.32. The lowest BCUT2D eigenvalue weighted by Gasteiger charge is -1.88. The van der Waals surface area contributed by atoms with Gasteiger partial charge in [-0.2, -0.15) is 0 Å². The van der Waals surface area contributed by atoms with E-state index in [1.807, 2.05) is 6.92 Å². The summed E-state index contributed by atoms with van der Waals surface area (Å²) in [6, 6.07) is 1.54. The molecule has 0 aliphatic carbocycles. The second kappa shape index (κ2) is 3.05. The van der Waals surface area contributed by atoms with Crippen LogP contribution in [0.15, 0.2) is 14.7 Å². The number of thiophene rings is 1. The Hall–Kier alpha value is 0.420. The molecule has 0 fully saturated rings. The summed E-state index contributed by atoms with van der Waals surface area (Å²) in [5, 5.41) is 0. The van der Waals surface area contributed by atoms with Crippen molar-refractivity contribution < 1.29 is 8.42 Å². The lowest BCUT2D eigenvalue weighted by Crippen LogP contribution is -1.86. The van der Waals surface area contributed by atoms with Gasteiger partial charge in [0.1, 0.15) is 4.90 Å². The molecule has 0 N–H and O–H groups in total. The predicted molar refractivity (Wildman–Crippen MR) is 49.8 cm³/mol. The molecule has 62 valence electrons. The van der Waals surface area contributed by atoms with Crippen LogP contribution in [0.4, 0.5) is 0 Å². The first kappa shape index (κ1) is 9.51. The van der Waals surface area contributed by atoms with Gasteiger partial charge < -0.3 is 0 Å². The molecule has 0 saturated heterocycles. The van der Waals surface area contributed by atoms with Gasteiger partial charge in [-0.1, -0.05) is 0 Å². The van der Waals surface area contributed by atoms with Gasteiger partial charge in [-0.15, -0.1) is 11.3 Å². The molecule has 1 aromatic rings. The van der Waals surface area contributed by atoms with Gasteiger partial charge in [0.25, 0.3) is 9.05 Å². The van der Waals surface area contributed by atoms with Crippen molar-refractivity contribution in [1.29, 1.82) is 0 Å². The third kappa shape index (κ3) is 2.18. The van der Waals surface area contributed by atoms with Crippen LogP contribution in [-0.4, -0.2) is 8.42 Å². The van der Waals surface area contributed by atoms with Crippen LogP contribution in [0.25, 0.3) is 0 Å². The van der Waals surface area contributed by atoms with Gasteiger partial charge in [0.15, 0.2) is 0 Å². The highest BCUT2D eigenvalue weighted by molar-refractivity contribution is 9.11. The molecule has 1 aromatic heterocycles. The van der Waals surface area contributed by atoms with Crippen molar-refractivity contribution in [3.05, 3.63) is 14.7 Å². The average Bonchev–Trinajstić information content (AvgIpc) is 2.08. The number of rotatable bonds is 1. The van der Waals surface area contributed by atoms with E-state index in [9.17, 15) is 8.42 Å². The van der Waals surface area contributed by atoms with Gasteiger partial charge in [-0.05, 0) is 28.9 Å². The Morgan fingerprint density at radius 3 is 2.36 bits per heavy atom. The Kier molecular flexibility index (Phi) is 2.63. The molecular formula is C5H4BrClO2S2. The fourth-order valence-electron chi connectivity index (χ4n) is 0.629.